The van der Waals surface area contributed by atoms with E-state index >= 15 is 0 Å². The van der Waals surface area contributed by atoms with Crippen LogP contribution in [0.2, 0.25) is 0 Å². The second-order valence-corrected chi connectivity index (χ2v) is 12.8. The number of nitrogens with zero attached hydrogens (tertiary/aromatic N) is 1. The van der Waals surface area contributed by atoms with Gasteiger partial charge in [0, 0.05) is 37.8 Å². The Morgan fingerprint density at radius 2 is 1.71 bits per heavy atom. The van der Waals surface area contributed by atoms with Gasteiger partial charge in [0.15, 0.2) is 0 Å². The van der Waals surface area contributed by atoms with Crippen LogP contribution in [0.1, 0.15) is 34.9 Å². The van der Waals surface area contributed by atoms with Crippen LogP contribution in [0.5, 0.6) is 11.6 Å². The summed E-state index contributed by atoms with van der Waals surface area (Å²) in [5, 5.41) is 34.2. The molecule has 1 aromatic heterocycles. The minimum Gasteiger partial charge on any atom is -0.506 e. The lowest BCUT2D eigenvalue weighted by Gasteiger charge is -2.34. The van der Waals surface area contributed by atoms with Crippen molar-refractivity contribution in [3.63, 3.8) is 0 Å². The minimum atomic E-state index is -3.89. The van der Waals surface area contributed by atoms with Gasteiger partial charge in [0.05, 0.1) is 21.6 Å². The molecule has 5 rings (SSSR count). The molecule has 3 aromatic carbocycles. The van der Waals surface area contributed by atoms with Crippen molar-refractivity contribution in [1.82, 2.24) is 10.3 Å². The number of piperidine rings is 1. The maximum Gasteiger partial charge on any atom is 0.307 e. The summed E-state index contributed by atoms with van der Waals surface area (Å²) in [7, 11) is -3.89. The van der Waals surface area contributed by atoms with E-state index in [1.165, 1.54) is 24.3 Å². The third-order valence-electron chi connectivity index (χ3n) is 7.16. The summed E-state index contributed by atoms with van der Waals surface area (Å²) in [4.78, 5) is 16.5. The number of anilines is 2. The Kier molecular flexibility index (Phi) is 8.64. The van der Waals surface area contributed by atoms with Gasteiger partial charge in [0.1, 0.15) is 5.75 Å². The molecular weight excluding hydrogens is 564 g/mol. The van der Waals surface area contributed by atoms with Crippen molar-refractivity contribution in [2.24, 2.45) is 0 Å². The van der Waals surface area contributed by atoms with Gasteiger partial charge in [-0.2, -0.15) is 0 Å². The number of aliphatic hydroxyl groups excluding tert-OH is 1. The van der Waals surface area contributed by atoms with Crippen LogP contribution in [-0.4, -0.2) is 54.4 Å². The molecule has 0 amide bonds. The number of rotatable bonds is 10. The van der Waals surface area contributed by atoms with Crippen LogP contribution in [-0.2, 0) is 16.4 Å². The Morgan fingerprint density at radius 1 is 1.00 bits per heavy atom. The van der Waals surface area contributed by atoms with Crippen molar-refractivity contribution in [1.29, 1.82) is 0 Å². The quantitative estimate of drug-likeness (QED) is 0.152. The van der Waals surface area contributed by atoms with E-state index in [9.17, 15) is 28.5 Å². The van der Waals surface area contributed by atoms with E-state index in [1.807, 2.05) is 24.3 Å². The molecule has 0 bridgehead atoms. The molecule has 6 N–H and O–H groups in total. The number of H-pyrrole nitrogens is 1. The molecule has 1 atom stereocenters. The third-order valence-corrected chi connectivity index (χ3v) is 9.42. The Morgan fingerprint density at radius 3 is 2.37 bits per heavy atom. The number of phenols is 1. The normalized spacial score (nSPS) is 15.1. The van der Waals surface area contributed by atoms with Crippen LogP contribution in [0.25, 0.3) is 0 Å². The number of hydrogen-bond acceptors (Lipinski definition) is 9. The number of nitrogens with one attached hydrogen (secondary N) is 3. The maximum absolute atomic E-state index is 12.7. The molecule has 1 aliphatic rings. The van der Waals surface area contributed by atoms with Gasteiger partial charge in [-0.05, 0) is 60.4 Å². The molecule has 1 fully saturated rings. The number of hydrogen-bond donors (Lipinski definition) is 6. The largest absolute Gasteiger partial charge is 0.506 e. The van der Waals surface area contributed by atoms with Crippen LogP contribution in [0, 0.1) is 0 Å². The van der Waals surface area contributed by atoms with E-state index in [0.29, 0.717) is 16.9 Å². The predicted molar refractivity (Wildman–Crippen MR) is 159 cm³/mol. The van der Waals surface area contributed by atoms with E-state index in [4.69, 9.17) is 0 Å². The lowest BCUT2D eigenvalue weighted by Crippen LogP contribution is -2.43. The molecule has 10 nitrogen and oxygen atoms in total. The molecular formula is C29H32N4O6S2. The molecule has 1 saturated heterocycles. The molecule has 0 radical (unpaired) electrons. The number of aromatic nitrogens is 1. The highest BCUT2D eigenvalue weighted by Gasteiger charge is 2.22. The fraction of sp³-hybridized carbons (Fsp3) is 0.276. The Balaban J connectivity index is 1.12. The molecule has 41 heavy (non-hydrogen) atoms. The number of aliphatic hydroxyl groups is 1. The Bertz CT molecular complexity index is 1630. The van der Waals surface area contributed by atoms with E-state index in [1.54, 1.807) is 24.3 Å². The molecule has 0 aliphatic carbocycles. The predicted octanol–water partition coefficient (Wildman–Crippen LogP) is 3.53. The number of sulfonamides is 1. The summed E-state index contributed by atoms with van der Waals surface area (Å²) in [6.07, 6.45) is 1.37. The van der Waals surface area contributed by atoms with Gasteiger partial charge in [0.25, 0.3) is 10.0 Å². The Hall–Kier alpha value is -3.84. The minimum absolute atomic E-state index is 0.00501. The van der Waals surface area contributed by atoms with Crippen molar-refractivity contribution in [3.8, 4) is 11.6 Å². The number of benzene rings is 3. The van der Waals surface area contributed by atoms with Gasteiger partial charge in [-0.15, -0.1) is 0 Å². The first-order valence-corrected chi connectivity index (χ1v) is 15.5. The first-order valence-electron chi connectivity index (χ1n) is 13.2. The van der Waals surface area contributed by atoms with Crippen LogP contribution in [0.15, 0.2) is 82.5 Å². The first kappa shape index (κ1) is 28.7. The van der Waals surface area contributed by atoms with Gasteiger partial charge in [-0.1, -0.05) is 47.7 Å². The molecule has 0 spiro atoms. The van der Waals surface area contributed by atoms with Crippen molar-refractivity contribution >= 4 is 32.7 Å². The van der Waals surface area contributed by atoms with Gasteiger partial charge >= 0.3 is 4.87 Å². The molecule has 216 valence electrons. The Labute approximate surface area is 242 Å². The van der Waals surface area contributed by atoms with Crippen molar-refractivity contribution in [3.05, 3.63) is 98.5 Å². The fourth-order valence-electron chi connectivity index (χ4n) is 4.87. The SMILES string of the molecule is O=c1[nH]c(O)c(Cc2ccc(N3CCC(NC[C@H](O)c4ccc(O)c(NS(=O)(=O)c5ccccc5)c4)CC3)cc2)s1. The monoisotopic (exact) mass is 596 g/mol. The average Bonchev–Trinajstić information content (AvgIpc) is 3.29. The zero-order chi connectivity index (χ0) is 29.0. The topological polar surface area (TPSA) is 155 Å². The number of aromatic hydroxyl groups is 2. The number of thiazole rings is 1. The third kappa shape index (κ3) is 7.09. The van der Waals surface area contributed by atoms with Crippen molar-refractivity contribution < 1.29 is 23.7 Å². The van der Waals surface area contributed by atoms with Crippen LogP contribution < -0.4 is 19.8 Å². The number of phenolic OH excluding ortho intramolecular Hbond substituents is 1. The number of aromatic amines is 1. The first-order chi connectivity index (χ1) is 19.7. The zero-order valence-electron chi connectivity index (χ0n) is 22.2. The second kappa shape index (κ2) is 12.4. The molecule has 1 aliphatic heterocycles. The molecule has 2 heterocycles. The average molecular weight is 597 g/mol. The van der Waals surface area contributed by atoms with Gasteiger partial charge in [0.2, 0.25) is 5.88 Å². The highest BCUT2D eigenvalue weighted by Crippen LogP contribution is 2.30. The summed E-state index contributed by atoms with van der Waals surface area (Å²) in [5.41, 5.74) is 2.60. The molecule has 4 aromatic rings. The fourth-order valence-corrected chi connectivity index (χ4v) is 6.71. The molecule has 0 saturated carbocycles. The summed E-state index contributed by atoms with van der Waals surface area (Å²) in [6, 6.07) is 20.6. The van der Waals surface area contributed by atoms with Crippen LogP contribution in [0.3, 0.4) is 0 Å². The van der Waals surface area contributed by atoms with Crippen molar-refractivity contribution in [2.75, 3.05) is 29.3 Å². The van der Waals surface area contributed by atoms with E-state index in [-0.39, 0.29) is 39.7 Å². The van der Waals surface area contributed by atoms with Gasteiger partial charge in [-0.25, -0.2) is 8.42 Å². The van der Waals surface area contributed by atoms with Gasteiger partial charge < -0.3 is 25.5 Å². The molecule has 0 unspecified atom stereocenters. The highest BCUT2D eigenvalue weighted by molar-refractivity contribution is 7.92. The zero-order valence-corrected chi connectivity index (χ0v) is 23.8. The second-order valence-electron chi connectivity index (χ2n) is 10.0. The summed E-state index contributed by atoms with van der Waals surface area (Å²) in [6.45, 7) is 1.98. The summed E-state index contributed by atoms with van der Waals surface area (Å²) >= 11 is 1.01. The smallest absolute Gasteiger partial charge is 0.307 e. The van der Waals surface area contributed by atoms with Crippen molar-refractivity contribution in [2.45, 2.75) is 36.3 Å². The standard InChI is InChI=1S/C29H32N4O6S2/c34-25-11-8-20(17-24(25)32-41(38,39)23-4-2-1-3-5-23)26(35)18-30-21-12-14-33(15-13-21)22-9-6-19(7-10-22)16-27-28(36)31-29(37)40-27/h1-11,17,21,26,30,32,34-36H,12-16,18H2,(H,31,37)/t26-/m0/s1. The van der Waals surface area contributed by atoms with Gasteiger partial charge in [-0.3, -0.25) is 14.5 Å². The lowest BCUT2D eigenvalue weighted by atomic mass is 10.0. The van der Waals surface area contributed by atoms with Crippen LogP contribution >= 0.6 is 11.3 Å². The van der Waals surface area contributed by atoms with E-state index in [0.717, 1.165) is 48.5 Å². The van der Waals surface area contributed by atoms with Crippen LogP contribution in [0.4, 0.5) is 11.4 Å². The lowest BCUT2D eigenvalue weighted by molar-refractivity contribution is 0.167. The van der Waals surface area contributed by atoms with E-state index in [2.05, 4.69) is 19.9 Å². The summed E-state index contributed by atoms with van der Waals surface area (Å²) in [5.74, 6) is -0.295. The highest BCUT2D eigenvalue weighted by atomic mass is 32.2. The van der Waals surface area contributed by atoms with E-state index < -0.39 is 16.1 Å². The maximum atomic E-state index is 12.7. The summed E-state index contributed by atoms with van der Waals surface area (Å²) < 4.78 is 27.8. The molecule has 12 heteroatoms.